The number of benzene rings is 1. The van der Waals surface area contributed by atoms with E-state index in [9.17, 15) is 8.42 Å². The molecule has 0 spiro atoms. The maximum atomic E-state index is 12.1. The van der Waals surface area contributed by atoms with Gasteiger partial charge in [-0.2, -0.15) is 0 Å². The summed E-state index contributed by atoms with van der Waals surface area (Å²) in [5, 5.41) is 2.88. The Hall–Kier alpha value is -1.11. The topological polar surface area (TPSA) is 67.4 Å². The Balaban J connectivity index is 2.52. The molecule has 0 saturated carbocycles. The van der Waals surface area contributed by atoms with E-state index in [1.165, 1.54) is 0 Å². The first-order valence-corrected chi connectivity index (χ1v) is 7.85. The molecule has 0 unspecified atom stereocenters. The monoisotopic (exact) mass is 286 g/mol. The zero-order chi connectivity index (χ0) is 14.1. The van der Waals surface area contributed by atoms with Crippen LogP contribution >= 0.6 is 0 Å². The van der Waals surface area contributed by atoms with Gasteiger partial charge in [0.1, 0.15) is 4.90 Å². The molecule has 0 saturated heterocycles. The van der Waals surface area contributed by atoms with E-state index in [-0.39, 0.29) is 4.90 Å². The second-order valence-electron chi connectivity index (χ2n) is 4.20. The maximum absolute atomic E-state index is 12.1. The largest absolute Gasteiger partial charge is 0.387 e. The van der Waals surface area contributed by atoms with Gasteiger partial charge >= 0.3 is 0 Å². The van der Waals surface area contributed by atoms with Gasteiger partial charge in [-0.25, -0.2) is 13.1 Å². The Morgan fingerprint density at radius 2 is 1.89 bits per heavy atom. The van der Waals surface area contributed by atoms with E-state index >= 15 is 0 Å². The van der Waals surface area contributed by atoms with Crippen LogP contribution in [0.15, 0.2) is 29.2 Å². The highest BCUT2D eigenvalue weighted by Crippen LogP contribution is 2.19. The summed E-state index contributed by atoms with van der Waals surface area (Å²) in [4.78, 5) is 0.286. The Labute approximate surface area is 115 Å². The molecule has 1 aromatic carbocycles. The zero-order valence-electron chi connectivity index (χ0n) is 11.5. The van der Waals surface area contributed by atoms with Crippen LogP contribution in [0.25, 0.3) is 0 Å². The third kappa shape index (κ3) is 5.18. The molecule has 0 radical (unpaired) electrons. The van der Waals surface area contributed by atoms with Crippen molar-refractivity contribution in [2.45, 2.75) is 24.2 Å². The van der Waals surface area contributed by atoms with Crippen molar-refractivity contribution in [2.24, 2.45) is 0 Å². The molecule has 19 heavy (non-hydrogen) atoms. The van der Waals surface area contributed by atoms with Crippen LogP contribution in [0.2, 0.25) is 0 Å². The van der Waals surface area contributed by atoms with Crippen molar-refractivity contribution in [1.29, 1.82) is 0 Å². The van der Waals surface area contributed by atoms with Crippen molar-refractivity contribution in [2.75, 3.05) is 32.6 Å². The van der Waals surface area contributed by atoms with Crippen LogP contribution in [0, 0.1) is 0 Å². The van der Waals surface area contributed by atoms with Gasteiger partial charge in [0, 0.05) is 27.3 Å². The molecule has 0 aliphatic carbocycles. The van der Waals surface area contributed by atoms with Crippen LogP contribution in [-0.4, -0.2) is 35.7 Å². The van der Waals surface area contributed by atoms with E-state index in [1.54, 1.807) is 38.4 Å². The van der Waals surface area contributed by atoms with E-state index in [0.29, 0.717) is 12.2 Å². The minimum atomic E-state index is -3.44. The van der Waals surface area contributed by atoms with Crippen LogP contribution in [0.1, 0.15) is 19.3 Å². The molecule has 0 aliphatic rings. The summed E-state index contributed by atoms with van der Waals surface area (Å²) in [5.41, 5.74) is 0.606. The minimum Gasteiger partial charge on any atom is -0.387 e. The minimum absolute atomic E-state index is 0.286. The highest BCUT2D eigenvalue weighted by Gasteiger charge is 2.16. The fourth-order valence-electron chi connectivity index (χ4n) is 1.74. The number of para-hydroxylation sites is 1. The molecule has 6 heteroatoms. The van der Waals surface area contributed by atoms with Gasteiger partial charge in [0.2, 0.25) is 10.0 Å². The fourth-order valence-corrected chi connectivity index (χ4v) is 3.03. The van der Waals surface area contributed by atoms with Crippen LogP contribution in [-0.2, 0) is 14.8 Å². The molecular weight excluding hydrogens is 264 g/mol. The predicted molar refractivity (Wildman–Crippen MR) is 76.9 cm³/mol. The smallest absolute Gasteiger partial charge is 0.242 e. The second kappa shape index (κ2) is 8.14. The summed E-state index contributed by atoms with van der Waals surface area (Å²) < 4.78 is 31.8. The quantitative estimate of drug-likeness (QED) is 0.680. The summed E-state index contributed by atoms with van der Waals surface area (Å²) >= 11 is 0. The van der Waals surface area contributed by atoms with E-state index in [1.807, 2.05) is 0 Å². The predicted octanol–water partition coefficient (Wildman–Crippen LogP) is 1.82. The number of ether oxygens (including phenoxy) is 1. The summed E-state index contributed by atoms with van der Waals surface area (Å²) in [7, 11) is -0.0680. The molecule has 2 N–H and O–H groups in total. The second-order valence-corrected chi connectivity index (χ2v) is 5.93. The van der Waals surface area contributed by atoms with Gasteiger partial charge < -0.3 is 10.1 Å². The Kier molecular flexibility index (Phi) is 6.83. The summed E-state index contributed by atoms with van der Waals surface area (Å²) in [6.45, 7) is 1.17. The normalized spacial score (nSPS) is 11.5. The highest BCUT2D eigenvalue weighted by molar-refractivity contribution is 7.89. The van der Waals surface area contributed by atoms with Crippen molar-refractivity contribution in [3.63, 3.8) is 0 Å². The molecule has 1 aromatic rings. The van der Waals surface area contributed by atoms with Gasteiger partial charge in [-0.05, 0) is 31.4 Å². The number of methoxy groups -OCH3 is 1. The van der Waals surface area contributed by atoms with Crippen LogP contribution in [0.4, 0.5) is 5.69 Å². The SMILES string of the molecule is CNc1ccccc1S(=O)(=O)NCCCCCOC. The highest BCUT2D eigenvalue weighted by atomic mass is 32.2. The molecule has 0 fully saturated rings. The summed E-state index contributed by atoms with van der Waals surface area (Å²) in [6, 6.07) is 6.86. The maximum Gasteiger partial charge on any atom is 0.242 e. The number of rotatable bonds is 9. The van der Waals surface area contributed by atoms with Crippen molar-refractivity contribution in [3.8, 4) is 0 Å². The van der Waals surface area contributed by atoms with Gasteiger partial charge in [-0.1, -0.05) is 12.1 Å². The molecular formula is C13H22N2O3S. The lowest BCUT2D eigenvalue weighted by Gasteiger charge is -2.10. The molecule has 0 amide bonds. The van der Waals surface area contributed by atoms with E-state index in [4.69, 9.17) is 4.74 Å². The first-order valence-electron chi connectivity index (χ1n) is 6.37. The molecule has 5 nitrogen and oxygen atoms in total. The van der Waals surface area contributed by atoms with E-state index < -0.39 is 10.0 Å². The number of nitrogens with one attached hydrogen (secondary N) is 2. The van der Waals surface area contributed by atoms with Crippen molar-refractivity contribution >= 4 is 15.7 Å². The van der Waals surface area contributed by atoms with Crippen LogP contribution in [0.5, 0.6) is 0 Å². The van der Waals surface area contributed by atoms with Crippen LogP contribution < -0.4 is 10.0 Å². The molecule has 0 aromatic heterocycles. The van der Waals surface area contributed by atoms with Crippen molar-refractivity contribution in [1.82, 2.24) is 4.72 Å². The average molecular weight is 286 g/mol. The average Bonchev–Trinajstić information content (AvgIpc) is 2.42. The van der Waals surface area contributed by atoms with E-state index in [0.717, 1.165) is 25.9 Å². The Morgan fingerprint density at radius 3 is 2.58 bits per heavy atom. The lowest BCUT2D eigenvalue weighted by atomic mass is 10.2. The number of anilines is 1. The zero-order valence-corrected chi connectivity index (χ0v) is 12.3. The Bertz CT molecular complexity index is 475. The first-order chi connectivity index (χ1) is 9.11. The molecule has 0 atom stereocenters. The summed E-state index contributed by atoms with van der Waals surface area (Å²) in [6.07, 6.45) is 2.71. The molecule has 0 bridgehead atoms. The van der Waals surface area contributed by atoms with Gasteiger partial charge in [0.25, 0.3) is 0 Å². The Morgan fingerprint density at radius 1 is 1.16 bits per heavy atom. The molecule has 0 aliphatic heterocycles. The van der Waals surface area contributed by atoms with Gasteiger partial charge in [-0.15, -0.1) is 0 Å². The number of hydrogen-bond donors (Lipinski definition) is 2. The van der Waals surface area contributed by atoms with Crippen LogP contribution in [0.3, 0.4) is 0 Å². The van der Waals surface area contributed by atoms with Gasteiger partial charge in [-0.3, -0.25) is 0 Å². The van der Waals surface area contributed by atoms with E-state index in [2.05, 4.69) is 10.0 Å². The summed E-state index contributed by atoms with van der Waals surface area (Å²) in [5.74, 6) is 0. The number of hydrogen-bond acceptors (Lipinski definition) is 4. The molecule has 1 rings (SSSR count). The molecule has 0 heterocycles. The number of unbranched alkanes of at least 4 members (excludes halogenated alkanes) is 2. The first kappa shape index (κ1) is 15.9. The lowest BCUT2D eigenvalue weighted by Crippen LogP contribution is -2.25. The van der Waals surface area contributed by atoms with Crippen molar-refractivity contribution < 1.29 is 13.2 Å². The fraction of sp³-hybridized carbons (Fsp3) is 0.538. The third-order valence-electron chi connectivity index (χ3n) is 2.76. The molecule has 108 valence electrons. The third-order valence-corrected chi connectivity index (χ3v) is 4.28. The van der Waals surface area contributed by atoms with Crippen molar-refractivity contribution in [3.05, 3.63) is 24.3 Å². The lowest BCUT2D eigenvalue weighted by molar-refractivity contribution is 0.192. The van der Waals surface area contributed by atoms with Gasteiger partial charge in [0.05, 0.1) is 5.69 Å². The number of sulfonamides is 1. The van der Waals surface area contributed by atoms with Gasteiger partial charge in [0.15, 0.2) is 0 Å². The standard InChI is InChI=1S/C13H22N2O3S/c1-14-12-8-4-5-9-13(12)19(16,17)15-10-6-3-7-11-18-2/h4-5,8-9,14-15H,3,6-7,10-11H2,1-2H3.